The van der Waals surface area contributed by atoms with Crippen molar-refractivity contribution in [3.05, 3.63) is 0 Å². The van der Waals surface area contributed by atoms with Crippen molar-refractivity contribution in [2.75, 3.05) is 26.2 Å². The molecule has 0 aromatic rings. The molecule has 2 fully saturated rings. The van der Waals surface area contributed by atoms with E-state index in [1.54, 1.807) is 0 Å². The lowest BCUT2D eigenvalue weighted by atomic mass is 9.85. The topological polar surface area (TPSA) is 35.5 Å². The minimum absolute atomic E-state index is 0.00924. The van der Waals surface area contributed by atoms with Gasteiger partial charge in [0.1, 0.15) is 0 Å². The summed E-state index contributed by atoms with van der Waals surface area (Å²) >= 11 is 0. The number of hydrogen-bond acceptors (Lipinski definition) is 3. The third-order valence-corrected chi connectivity index (χ3v) is 4.24. The van der Waals surface area contributed by atoms with Crippen LogP contribution in [0.5, 0.6) is 0 Å². The molecule has 94 valence electrons. The van der Waals surface area contributed by atoms with Gasteiger partial charge in [-0.25, -0.2) is 0 Å². The largest absolute Gasteiger partial charge is 0.394 e. The highest BCUT2D eigenvalue weighted by Crippen LogP contribution is 2.34. The Morgan fingerprint density at radius 1 is 1.38 bits per heavy atom. The van der Waals surface area contributed by atoms with Crippen LogP contribution in [0.1, 0.15) is 39.5 Å². The van der Waals surface area contributed by atoms with Gasteiger partial charge in [0.05, 0.1) is 12.1 Å². The van der Waals surface area contributed by atoms with Crippen molar-refractivity contribution in [2.24, 2.45) is 5.92 Å². The molecule has 0 radical (unpaired) electrons. The van der Waals surface area contributed by atoms with Crippen LogP contribution < -0.4 is 5.32 Å². The quantitative estimate of drug-likeness (QED) is 0.756. The van der Waals surface area contributed by atoms with Crippen molar-refractivity contribution in [1.82, 2.24) is 10.2 Å². The first-order valence-electron chi connectivity index (χ1n) is 6.78. The molecule has 0 saturated carbocycles. The highest BCUT2D eigenvalue weighted by atomic mass is 16.3. The van der Waals surface area contributed by atoms with Crippen LogP contribution in [-0.4, -0.2) is 47.8 Å². The second-order valence-corrected chi connectivity index (χ2v) is 5.89. The second-order valence-electron chi connectivity index (χ2n) is 5.89. The molecular weight excluding hydrogens is 200 g/mol. The molecule has 3 heteroatoms. The van der Waals surface area contributed by atoms with Gasteiger partial charge in [0.15, 0.2) is 0 Å². The third kappa shape index (κ3) is 2.27. The van der Waals surface area contributed by atoms with Crippen molar-refractivity contribution >= 4 is 0 Å². The third-order valence-electron chi connectivity index (χ3n) is 4.24. The predicted octanol–water partition coefficient (Wildman–Crippen LogP) is 1.22. The molecule has 2 heterocycles. The number of nitrogens with zero attached hydrogens (tertiary/aromatic N) is 1. The zero-order valence-corrected chi connectivity index (χ0v) is 10.7. The van der Waals surface area contributed by atoms with Gasteiger partial charge >= 0.3 is 0 Å². The van der Waals surface area contributed by atoms with E-state index in [0.717, 1.165) is 19.5 Å². The molecule has 2 N–H and O–H groups in total. The summed E-state index contributed by atoms with van der Waals surface area (Å²) in [7, 11) is 0. The van der Waals surface area contributed by atoms with Gasteiger partial charge in [0.2, 0.25) is 0 Å². The summed E-state index contributed by atoms with van der Waals surface area (Å²) in [5, 5.41) is 13.4. The first kappa shape index (κ1) is 12.3. The Morgan fingerprint density at radius 2 is 2.19 bits per heavy atom. The molecule has 0 bridgehead atoms. The Labute approximate surface area is 99.2 Å². The van der Waals surface area contributed by atoms with Crippen LogP contribution >= 0.6 is 0 Å². The maximum absolute atomic E-state index is 9.78. The average molecular weight is 226 g/mol. The van der Waals surface area contributed by atoms with E-state index in [2.05, 4.69) is 24.1 Å². The molecule has 2 rings (SSSR count). The maximum Gasteiger partial charge on any atom is 0.0629 e. The van der Waals surface area contributed by atoms with Crippen LogP contribution in [0.15, 0.2) is 0 Å². The summed E-state index contributed by atoms with van der Waals surface area (Å²) in [4.78, 5) is 2.58. The summed E-state index contributed by atoms with van der Waals surface area (Å²) in [6.45, 7) is 8.16. The van der Waals surface area contributed by atoms with E-state index < -0.39 is 0 Å². The number of fused-ring (bicyclic) bond motifs is 1. The number of piperidine rings is 1. The fourth-order valence-electron chi connectivity index (χ4n) is 3.25. The fraction of sp³-hybridized carbons (Fsp3) is 1.00. The standard InChI is InChI=1S/C13H26N2O/c1-11(2)9-14-13(10-16)6-8-15-7-4-3-5-12(13)15/h11-12,14,16H,3-10H2,1-2H3. The molecule has 2 unspecified atom stereocenters. The van der Waals surface area contributed by atoms with Gasteiger partial charge in [-0.15, -0.1) is 0 Å². The molecule has 0 amide bonds. The van der Waals surface area contributed by atoms with E-state index in [-0.39, 0.29) is 5.54 Å². The van der Waals surface area contributed by atoms with Crippen molar-refractivity contribution in [2.45, 2.75) is 51.1 Å². The Balaban J connectivity index is 2.02. The molecular formula is C13H26N2O. The number of nitrogens with one attached hydrogen (secondary N) is 1. The van der Waals surface area contributed by atoms with Crippen molar-refractivity contribution < 1.29 is 5.11 Å². The van der Waals surface area contributed by atoms with Gasteiger partial charge in [0, 0.05) is 12.6 Å². The van der Waals surface area contributed by atoms with E-state index >= 15 is 0 Å². The molecule has 2 aliphatic heterocycles. The zero-order chi connectivity index (χ0) is 11.6. The smallest absolute Gasteiger partial charge is 0.0629 e. The van der Waals surface area contributed by atoms with Crippen LogP contribution in [-0.2, 0) is 0 Å². The maximum atomic E-state index is 9.78. The molecule has 0 aromatic carbocycles. The Bertz CT molecular complexity index is 232. The molecule has 2 aliphatic rings. The van der Waals surface area contributed by atoms with Crippen molar-refractivity contribution in [3.8, 4) is 0 Å². The van der Waals surface area contributed by atoms with Gasteiger partial charge in [-0.3, -0.25) is 4.90 Å². The number of aliphatic hydroxyl groups is 1. The molecule has 0 spiro atoms. The van der Waals surface area contributed by atoms with Crippen LogP contribution in [0.3, 0.4) is 0 Å². The van der Waals surface area contributed by atoms with Crippen LogP contribution in [0.4, 0.5) is 0 Å². The van der Waals surface area contributed by atoms with Crippen LogP contribution in [0.25, 0.3) is 0 Å². The molecule has 16 heavy (non-hydrogen) atoms. The summed E-state index contributed by atoms with van der Waals surface area (Å²) in [5.74, 6) is 0.654. The Hall–Kier alpha value is -0.120. The lowest BCUT2D eigenvalue weighted by Gasteiger charge is -2.40. The second kappa shape index (κ2) is 5.03. The van der Waals surface area contributed by atoms with Crippen molar-refractivity contribution in [3.63, 3.8) is 0 Å². The van der Waals surface area contributed by atoms with Gasteiger partial charge in [-0.05, 0) is 38.3 Å². The number of aliphatic hydroxyl groups excluding tert-OH is 1. The molecule has 0 aliphatic carbocycles. The molecule has 0 aromatic heterocycles. The summed E-state index contributed by atoms with van der Waals surface area (Å²) < 4.78 is 0. The van der Waals surface area contributed by atoms with Gasteiger partial charge in [-0.1, -0.05) is 20.3 Å². The number of hydrogen-bond donors (Lipinski definition) is 2. The van der Waals surface area contributed by atoms with Gasteiger partial charge in [-0.2, -0.15) is 0 Å². The first-order valence-corrected chi connectivity index (χ1v) is 6.78. The van der Waals surface area contributed by atoms with Crippen LogP contribution in [0, 0.1) is 5.92 Å². The normalized spacial score (nSPS) is 35.6. The highest BCUT2D eigenvalue weighted by molar-refractivity contribution is 5.06. The van der Waals surface area contributed by atoms with E-state index in [1.807, 2.05) is 0 Å². The lowest BCUT2D eigenvalue weighted by molar-refractivity contribution is 0.0853. The molecule has 2 atom stereocenters. The highest BCUT2D eigenvalue weighted by Gasteiger charge is 2.47. The lowest BCUT2D eigenvalue weighted by Crippen LogP contribution is -2.59. The summed E-state index contributed by atoms with van der Waals surface area (Å²) in [5.41, 5.74) is -0.00924. The Morgan fingerprint density at radius 3 is 2.88 bits per heavy atom. The molecule has 3 nitrogen and oxygen atoms in total. The van der Waals surface area contributed by atoms with E-state index in [1.165, 1.54) is 25.8 Å². The zero-order valence-electron chi connectivity index (χ0n) is 10.7. The minimum Gasteiger partial charge on any atom is -0.394 e. The first-order chi connectivity index (χ1) is 7.68. The van der Waals surface area contributed by atoms with Gasteiger partial charge < -0.3 is 10.4 Å². The van der Waals surface area contributed by atoms with E-state index in [4.69, 9.17) is 0 Å². The average Bonchev–Trinajstić information content (AvgIpc) is 2.66. The Kier molecular flexibility index (Phi) is 3.88. The SMILES string of the molecule is CC(C)CNC1(CO)CCN2CCCCC21. The number of rotatable bonds is 4. The molecule has 2 saturated heterocycles. The predicted molar refractivity (Wildman–Crippen MR) is 66.5 cm³/mol. The fourth-order valence-corrected chi connectivity index (χ4v) is 3.25. The summed E-state index contributed by atoms with van der Waals surface area (Å²) in [6, 6.07) is 0.574. The van der Waals surface area contributed by atoms with Crippen molar-refractivity contribution in [1.29, 1.82) is 0 Å². The minimum atomic E-state index is -0.00924. The van der Waals surface area contributed by atoms with E-state index in [0.29, 0.717) is 18.6 Å². The monoisotopic (exact) mass is 226 g/mol. The van der Waals surface area contributed by atoms with E-state index in [9.17, 15) is 5.11 Å². The van der Waals surface area contributed by atoms with Gasteiger partial charge in [0.25, 0.3) is 0 Å². The van der Waals surface area contributed by atoms with Crippen LogP contribution in [0.2, 0.25) is 0 Å². The summed E-state index contributed by atoms with van der Waals surface area (Å²) in [6.07, 6.45) is 5.03.